The monoisotopic (exact) mass is 323 g/mol. The third-order valence-corrected chi connectivity index (χ3v) is 1.55. The van der Waals surface area contributed by atoms with Crippen LogP contribution in [0.15, 0.2) is 42.5 Å². The van der Waals surface area contributed by atoms with Crippen LogP contribution in [0.25, 0.3) is 16.5 Å². The first kappa shape index (κ1) is 24.7. The van der Waals surface area contributed by atoms with Crippen LogP contribution >= 0.6 is 0 Å². The fourth-order valence-electron chi connectivity index (χ4n) is 1.07. The summed E-state index contributed by atoms with van der Waals surface area (Å²) < 4.78 is 0. The molecule has 0 aliphatic carbocycles. The zero-order valence-electron chi connectivity index (χ0n) is 14.0. The van der Waals surface area contributed by atoms with Gasteiger partial charge in [0.2, 0.25) is 0 Å². The van der Waals surface area contributed by atoms with Crippen molar-refractivity contribution in [1.29, 1.82) is 0 Å². The number of fused-ring (bicyclic) bond motifs is 1. The minimum absolute atomic E-state index is 0. The molecule has 2 aromatic carbocycles. The number of hydrogen-bond acceptors (Lipinski definition) is 0. The fourth-order valence-corrected chi connectivity index (χ4v) is 1.07. The minimum Gasteiger partial charge on any atom is -0.358 e. The summed E-state index contributed by atoms with van der Waals surface area (Å²) in [5, 5.41) is 2.66. The quantitative estimate of drug-likeness (QED) is 0.414. The first-order valence-corrected chi connectivity index (χ1v) is 10.9. The molecule has 2 aromatic rings. The maximum atomic E-state index is 6.94. The van der Waals surface area contributed by atoms with Gasteiger partial charge in [0.05, 0.1) is 0 Å². The number of hydrogen-bond donors (Lipinski definition) is 0. The predicted molar refractivity (Wildman–Crippen MR) is 93.9 cm³/mol. The van der Waals surface area contributed by atoms with Crippen LogP contribution in [0.3, 0.4) is 0 Å². The molecule has 1 N–H and O–H groups in total. The van der Waals surface area contributed by atoms with E-state index < -0.39 is 0 Å². The molecule has 0 heterocycles. The van der Waals surface area contributed by atoms with Gasteiger partial charge in [0.1, 0.15) is 0 Å². The van der Waals surface area contributed by atoms with Gasteiger partial charge in [0.15, 0.2) is 0 Å². The van der Waals surface area contributed by atoms with E-state index in [9.17, 15) is 0 Å². The van der Waals surface area contributed by atoms with Gasteiger partial charge in [-0.1, -0.05) is 26.8 Å². The fraction of sp³-hybridized carbons (Fsp3) is 0.353. The van der Waals surface area contributed by atoms with Crippen LogP contribution < -0.4 is 0 Å². The Kier molecular flexibility index (Phi) is 15.4. The Morgan fingerprint density at radius 3 is 1.85 bits per heavy atom. The molecular formula is C17H29NSiTi-4. The van der Waals surface area contributed by atoms with Crippen LogP contribution in [-0.4, -0.2) is 11.7 Å². The van der Waals surface area contributed by atoms with E-state index in [1.807, 2.05) is 20.8 Å². The molecule has 1 nitrogen and oxygen atoms in total. The van der Waals surface area contributed by atoms with Crippen LogP contribution in [0.5, 0.6) is 0 Å². The van der Waals surface area contributed by atoms with E-state index in [1.54, 1.807) is 0 Å². The number of nitrogens with one attached hydrogen (secondary N) is 1. The third-order valence-electron chi connectivity index (χ3n) is 1.55. The van der Waals surface area contributed by atoms with E-state index >= 15 is 0 Å². The molecule has 0 aromatic heterocycles. The van der Waals surface area contributed by atoms with Gasteiger partial charge in [0, 0.05) is 0 Å². The van der Waals surface area contributed by atoms with Gasteiger partial charge in [-0.25, -0.2) is 0 Å². The van der Waals surface area contributed by atoms with Gasteiger partial charge in [-0.3, -0.25) is 0 Å². The van der Waals surface area contributed by atoms with E-state index in [-0.39, 0.29) is 26.6 Å². The van der Waals surface area contributed by atoms with Crippen molar-refractivity contribution in [3.8, 4) is 0 Å². The SMILES string of the molecule is CC(C)(C)[NH-].C[Si](C)=[Ti].[CH3-].[CH3-].c1ccc2[cH-]ccc2c1. The average molecular weight is 323 g/mol. The van der Waals surface area contributed by atoms with Crippen molar-refractivity contribution >= 4 is 17.0 Å². The zero-order chi connectivity index (χ0) is 14.2. The van der Waals surface area contributed by atoms with Crippen molar-refractivity contribution in [2.75, 3.05) is 0 Å². The van der Waals surface area contributed by atoms with Gasteiger partial charge >= 0.3 is 38.5 Å². The molecule has 0 atom stereocenters. The second kappa shape index (κ2) is 12.5. The smallest absolute Gasteiger partial charge is 0.0809 e. The molecular weight excluding hydrogens is 294 g/mol. The largest absolute Gasteiger partial charge is 0.358 e. The van der Waals surface area contributed by atoms with Crippen LogP contribution in [0.4, 0.5) is 0 Å². The molecule has 0 spiro atoms. The zero-order valence-corrected chi connectivity index (χ0v) is 16.6. The third kappa shape index (κ3) is 17.7. The van der Waals surface area contributed by atoms with E-state index in [0.717, 1.165) is 0 Å². The summed E-state index contributed by atoms with van der Waals surface area (Å²) >= 11 is 2.27. The molecule has 0 saturated carbocycles. The van der Waals surface area contributed by atoms with Crippen LogP contribution in [0.2, 0.25) is 13.1 Å². The molecule has 0 unspecified atom stereocenters. The molecule has 114 valence electrons. The Bertz CT molecular complexity index is 429. The Morgan fingerprint density at radius 1 is 1.05 bits per heavy atom. The second-order valence-corrected chi connectivity index (χ2v) is 12.1. The van der Waals surface area contributed by atoms with Gasteiger partial charge in [-0.15, -0.1) is 35.2 Å². The van der Waals surface area contributed by atoms with Crippen molar-refractivity contribution in [1.82, 2.24) is 0 Å². The minimum atomic E-state index is -0.250. The van der Waals surface area contributed by atoms with Crippen molar-refractivity contribution in [2.24, 2.45) is 0 Å². The standard InChI is InChI=1S/C9H7.C4H10N.C2H6Si.2CH3.Ti/c1-2-5-9-7-3-6-8(9)4-1;1-4(2,3)5;1-3-2;;;/h1-7H;5H,1-3H3;1-2H3;2*1H3;/q2*-1;;2*-1;. The summed E-state index contributed by atoms with van der Waals surface area (Å²) in [5.41, 5.74) is 6.69. The van der Waals surface area contributed by atoms with E-state index in [1.165, 1.54) is 10.8 Å². The maximum absolute atomic E-state index is 6.94. The molecule has 0 saturated heterocycles. The van der Waals surface area contributed by atoms with Crippen LogP contribution in [-0.2, 0) is 19.2 Å². The van der Waals surface area contributed by atoms with Crippen LogP contribution in [0, 0.1) is 14.9 Å². The molecule has 2 rings (SSSR count). The summed E-state index contributed by atoms with van der Waals surface area (Å²) in [4.78, 5) is 0. The van der Waals surface area contributed by atoms with Crippen molar-refractivity contribution in [3.63, 3.8) is 0 Å². The van der Waals surface area contributed by atoms with Gasteiger partial charge in [0.25, 0.3) is 0 Å². The van der Waals surface area contributed by atoms with Crippen molar-refractivity contribution < 1.29 is 19.2 Å². The van der Waals surface area contributed by atoms with Crippen molar-refractivity contribution in [2.45, 2.75) is 39.4 Å². The first-order chi connectivity index (χ1) is 8.20. The topological polar surface area (TPSA) is 23.8 Å². The first-order valence-electron chi connectivity index (χ1n) is 6.07. The molecule has 20 heavy (non-hydrogen) atoms. The summed E-state index contributed by atoms with van der Waals surface area (Å²) in [5.74, 6) is 0. The number of rotatable bonds is 0. The van der Waals surface area contributed by atoms with Crippen molar-refractivity contribution in [3.05, 3.63) is 63.1 Å². The maximum Gasteiger partial charge on any atom is -0.0809 e. The Morgan fingerprint density at radius 2 is 1.45 bits per heavy atom. The van der Waals surface area contributed by atoms with E-state index in [0.29, 0.717) is 0 Å². The van der Waals surface area contributed by atoms with Gasteiger partial charge < -0.3 is 20.6 Å². The predicted octanol–water partition coefficient (Wildman–Crippen LogP) is 6.08. The van der Waals surface area contributed by atoms with E-state index in [4.69, 9.17) is 5.73 Å². The molecule has 0 fully saturated rings. The summed E-state index contributed by atoms with van der Waals surface area (Å²) in [7, 11) is 0. The Hall–Kier alpha value is -0.279. The van der Waals surface area contributed by atoms with Gasteiger partial charge in [-0.05, 0) is 0 Å². The molecule has 0 aliphatic heterocycles. The Balaban J connectivity index is -0.000000232. The normalized spacial score (nSPS) is 8.85. The molecule has 0 aliphatic rings. The Labute approximate surface area is 138 Å². The molecule has 0 bridgehead atoms. The molecule has 0 radical (unpaired) electrons. The molecule has 0 amide bonds. The van der Waals surface area contributed by atoms with E-state index in [2.05, 4.69) is 74.7 Å². The summed E-state index contributed by atoms with van der Waals surface area (Å²) in [6, 6.07) is 14.7. The van der Waals surface area contributed by atoms with Gasteiger partial charge in [-0.2, -0.15) is 17.5 Å². The second-order valence-electron chi connectivity index (χ2n) is 5.40. The van der Waals surface area contributed by atoms with Crippen LogP contribution in [0.1, 0.15) is 20.8 Å². The summed E-state index contributed by atoms with van der Waals surface area (Å²) in [6.45, 7) is 10.1. The summed E-state index contributed by atoms with van der Waals surface area (Å²) in [6.07, 6.45) is 0.120. The number of benzene rings is 1. The molecule has 3 heteroatoms. The average Bonchev–Trinajstić information content (AvgIpc) is 2.61.